The minimum absolute atomic E-state index is 0.00948. The summed E-state index contributed by atoms with van der Waals surface area (Å²) in [6.07, 6.45) is 13.0. The molecule has 0 N–H and O–H groups in total. The van der Waals surface area contributed by atoms with Crippen molar-refractivity contribution in [1.29, 1.82) is 0 Å². The molecule has 2 unspecified atom stereocenters. The van der Waals surface area contributed by atoms with Crippen LogP contribution in [-0.2, 0) is 5.41 Å². The van der Waals surface area contributed by atoms with E-state index in [1.165, 1.54) is 41.7 Å². The van der Waals surface area contributed by atoms with Gasteiger partial charge in [0.1, 0.15) is 0 Å². The molecule has 2 aliphatic rings. The number of hydrogen-bond donors (Lipinski definition) is 0. The second kappa shape index (κ2) is 6.86. The molecule has 0 aliphatic carbocycles. The maximum atomic E-state index is 4.30. The molecule has 134 valence electrons. The van der Waals surface area contributed by atoms with E-state index in [4.69, 9.17) is 0 Å². The summed E-state index contributed by atoms with van der Waals surface area (Å²) in [5.74, 6) is 0. The summed E-state index contributed by atoms with van der Waals surface area (Å²) >= 11 is 0. The van der Waals surface area contributed by atoms with Gasteiger partial charge in [0.15, 0.2) is 0 Å². The largest absolute Gasteiger partial charge is 0.361 e. The third-order valence-electron chi connectivity index (χ3n) is 6.80. The van der Waals surface area contributed by atoms with Crippen molar-refractivity contribution >= 4 is 5.70 Å². The lowest BCUT2D eigenvalue weighted by Gasteiger charge is -2.59. The Balaban J connectivity index is 2.21. The predicted molar refractivity (Wildman–Crippen MR) is 110 cm³/mol. The summed E-state index contributed by atoms with van der Waals surface area (Å²) in [4.78, 5) is 2.65. The summed E-state index contributed by atoms with van der Waals surface area (Å²) in [5.41, 5.74) is 5.82. The molecule has 1 heteroatoms. The molecule has 1 aromatic carbocycles. The van der Waals surface area contributed by atoms with Crippen LogP contribution >= 0.6 is 0 Å². The van der Waals surface area contributed by atoms with E-state index in [0.717, 1.165) is 19.4 Å². The van der Waals surface area contributed by atoms with E-state index in [2.05, 4.69) is 81.7 Å². The zero-order chi connectivity index (χ0) is 18.1. The molecule has 0 amide bonds. The van der Waals surface area contributed by atoms with E-state index in [9.17, 15) is 0 Å². The molecule has 1 nitrogen and oxygen atoms in total. The van der Waals surface area contributed by atoms with Gasteiger partial charge < -0.3 is 4.90 Å². The number of nitrogens with zero attached hydrogens (tertiary/aromatic N) is 1. The molecule has 0 saturated carbocycles. The molecule has 0 fully saturated rings. The lowest BCUT2D eigenvalue weighted by Crippen LogP contribution is -2.62. The Morgan fingerprint density at radius 2 is 1.92 bits per heavy atom. The molecule has 3 rings (SSSR count). The maximum absolute atomic E-state index is 4.30. The Kier molecular flexibility index (Phi) is 4.95. The fourth-order valence-corrected chi connectivity index (χ4v) is 5.04. The third kappa shape index (κ3) is 2.51. The van der Waals surface area contributed by atoms with Gasteiger partial charge in [-0.25, -0.2) is 0 Å². The zero-order valence-electron chi connectivity index (χ0n) is 16.4. The quantitative estimate of drug-likeness (QED) is 0.538. The highest BCUT2D eigenvalue weighted by molar-refractivity contribution is 5.76. The average Bonchev–Trinajstić information content (AvgIpc) is 2.67. The Labute approximate surface area is 154 Å². The van der Waals surface area contributed by atoms with Crippen LogP contribution < -0.4 is 0 Å². The lowest BCUT2D eigenvalue weighted by molar-refractivity contribution is 0.0907. The first-order chi connectivity index (χ1) is 12.1. The van der Waals surface area contributed by atoms with Crippen LogP contribution in [0.1, 0.15) is 70.9 Å². The van der Waals surface area contributed by atoms with Crippen LogP contribution in [0.2, 0.25) is 0 Å². The van der Waals surface area contributed by atoms with Gasteiger partial charge in [-0.1, -0.05) is 63.6 Å². The van der Waals surface area contributed by atoms with Gasteiger partial charge in [-0.3, -0.25) is 0 Å². The first kappa shape index (κ1) is 18.0. The fraction of sp³-hybridized carbons (Fsp3) is 0.500. The van der Waals surface area contributed by atoms with Gasteiger partial charge >= 0.3 is 0 Å². The number of hydrogen-bond acceptors (Lipinski definition) is 1. The highest BCUT2D eigenvalue weighted by Crippen LogP contribution is 2.54. The Morgan fingerprint density at radius 1 is 1.16 bits per heavy atom. The van der Waals surface area contributed by atoms with Gasteiger partial charge in [-0.15, -0.1) is 6.58 Å². The number of rotatable bonds is 6. The summed E-state index contributed by atoms with van der Waals surface area (Å²) in [6.45, 7) is 14.7. The predicted octanol–water partition coefficient (Wildman–Crippen LogP) is 6.48. The van der Waals surface area contributed by atoms with Crippen LogP contribution in [0.15, 0.2) is 54.6 Å². The van der Waals surface area contributed by atoms with E-state index < -0.39 is 0 Å². The van der Waals surface area contributed by atoms with Crippen molar-refractivity contribution in [1.82, 2.24) is 4.90 Å². The molecule has 0 aromatic heterocycles. The first-order valence-corrected chi connectivity index (χ1v) is 9.99. The molecule has 0 radical (unpaired) electrons. The molecule has 2 aliphatic heterocycles. The molecule has 0 bridgehead atoms. The molecule has 2 atom stereocenters. The SMILES string of the molecule is C=CC1(CC)c2ccccc2C2=CC(CCCC)=CCN2C1(C)CC. The van der Waals surface area contributed by atoms with Crippen LogP contribution in [0.4, 0.5) is 0 Å². The van der Waals surface area contributed by atoms with Gasteiger partial charge in [0.2, 0.25) is 0 Å². The molecule has 2 heterocycles. The molecule has 25 heavy (non-hydrogen) atoms. The maximum Gasteiger partial charge on any atom is 0.0506 e. The second-order valence-electron chi connectivity index (χ2n) is 7.72. The minimum atomic E-state index is -0.00948. The van der Waals surface area contributed by atoms with Gasteiger partial charge in [0.05, 0.1) is 5.54 Å². The molecule has 0 saturated heterocycles. The summed E-state index contributed by atoms with van der Waals surface area (Å²) in [7, 11) is 0. The summed E-state index contributed by atoms with van der Waals surface area (Å²) < 4.78 is 0. The average molecular weight is 336 g/mol. The Hall–Kier alpha value is -1.76. The number of fused-ring (bicyclic) bond motifs is 3. The normalized spacial score (nSPS) is 27.9. The van der Waals surface area contributed by atoms with Crippen molar-refractivity contribution in [2.24, 2.45) is 0 Å². The topological polar surface area (TPSA) is 3.24 Å². The Bertz CT molecular complexity index is 711. The lowest BCUT2D eigenvalue weighted by atomic mass is 9.58. The molecule has 1 aromatic rings. The highest BCUT2D eigenvalue weighted by Gasteiger charge is 2.53. The molecule has 0 spiro atoms. The zero-order valence-corrected chi connectivity index (χ0v) is 16.4. The third-order valence-corrected chi connectivity index (χ3v) is 6.80. The van der Waals surface area contributed by atoms with Crippen LogP contribution in [-0.4, -0.2) is 17.0 Å². The van der Waals surface area contributed by atoms with Crippen molar-refractivity contribution in [3.63, 3.8) is 0 Å². The summed E-state index contributed by atoms with van der Waals surface area (Å²) in [5, 5.41) is 0. The number of allylic oxidation sites excluding steroid dienone is 2. The van der Waals surface area contributed by atoms with E-state index in [-0.39, 0.29) is 11.0 Å². The van der Waals surface area contributed by atoms with Crippen molar-refractivity contribution in [3.05, 3.63) is 65.8 Å². The highest BCUT2D eigenvalue weighted by atomic mass is 15.2. The van der Waals surface area contributed by atoms with Gasteiger partial charge in [-0.05, 0) is 49.8 Å². The molecular weight excluding hydrogens is 302 g/mol. The van der Waals surface area contributed by atoms with E-state index in [0.29, 0.717) is 0 Å². The first-order valence-electron chi connectivity index (χ1n) is 9.99. The summed E-state index contributed by atoms with van der Waals surface area (Å²) in [6, 6.07) is 9.01. The molecular formula is C24H33N. The number of unbranched alkanes of at least 4 members (excludes halogenated alkanes) is 1. The van der Waals surface area contributed by atoms with Crippen LogP contribution in [0, 0.1) is 0 Å². The van der Waals surface area contributed by atoms with Crippen molar-refractivity contribution in [3.8, 4) is 0 Å². The van der Waals surface area contributed by atoms with Crippen molar-refractivity contribution in [2.75, 3.05) is 6.54 Å². The van der Waals surface area contributed by atoms with E-state index in [1.54, 1.807) is 0 Å². The smallest absolute Gasteiger partial charge is 0.0506 e. The standard InChI is InChI=1S/C24H33N/c1-6-10-13-19-16-17-25-22(18-19)20-14-11-12-15-21(20)24(8-3,9-4)23(25,5)7-2/h8,11-12,14-16,18H,3,6-7,9-10,13,17H2,1-2,4-5H3. The van der Waals surface area contributed by atoms with Gasteiger partial charge in [0, 0.05) is 23.2 Å². The number of benzene rings is 1. The van der Waals surface area contributed by atoms with Crippen molar-refractivity contribution in [2.45, 2.75) is 70.8 Å². The van der Waals surface area contributed by atoms with Gasteiger partial charge in [-0.2, -0.15) is 0 Å². The Morgan fingerprint density at radius 3 is 2.56 bits per heavy atom. The van der Waals surface area contributed by atoms with Crippen LogP contribution in [0.5, 0.6) is 0 Å². The second-order valence-corrected chi connectivity index (χ2v) is 7.72. The fourth-order valence-electron chi connectivity index (χ4n) is 5.04. The van der Waals surface area contributed by atoms with E-state index >= 15 is 0 Å². The van der Waals surface area contributed by atoms with Crippen molar-refractivity contribution < 1.29 is 0 Å². The monoisotopic (exact) mass is 335 g/mol. The van der Waals surface area contributed by atoms with E-state index in [1.807, 2.05) is 0 Å². The van der Waals surface area contributed by atoms with Crippen LogP contribution in [0.3, 0.4) is 0 Å². The van der Waals surface area contributed by atoms with Gasteiger partial charge in [0.25, 0.3) is 0 Å². The van der Waals surface area contributed by atoms with Crippen LogP contribution in [0.25, 0.3) is 5.70 Å². The minimum Gasteiger partial charge on any atom is -0.361 e.